The first-order valence-electron chi connectivity index (χ1n) is 7.55. The standard InChI is InChI=1S/C16H17N3O2S2/c1-9-18-15-13(23-9)6-12(11-3-5-22-16(11)15)21-8-14(20)19-4-2-10(17)7-19/h3,5-6,10H,2,4,7-8,17H2,1H3. The van der Waals surface area contributed by atoms with E-state index in [1.807, 2.05) is 24.4 Å². The highest BCUT2D eigenvalue weighted by Gasteiger charge is 2.24. The summed E-state index contributed by atoms with van der Waals surface area (Å²) in [6.07, 6.45) is 0.868. The average Bonchev–Trinajstić information content (AvgIpc) is 3.22. The van der Waals surface area contributed by atoms with Gasteiger partial charge in [-0.25, -0.2) is 4.98 Å². The summed E-state index contributed by atoms with van der Waals surface area (Å²) < 4.78 is 8.08. The Kier molecular flexibility index (Phi) is 3.71. The van der Waals surface area contributed by atoms with Crippen LogP contribution in [0.5, 0.6) is 5.75 Å². The minimum atomic E-state index is 0.00177. The van der Waals surface area contributed by atoms with Crippen molar-refractivity contribution in [2.45, 2.75) is 19.4 Å². The van der Waals surface area contributed by atoms with Gasteiger partial charge in [0.05, 0.1) is 19.9 Å². The monoisotopic (exact) mass is 347 g/mol. The summed E-state index contributed by atoms with van der Waals surface area (Å²) >= 11 is 3.30. The first-order chi connectivity index (χ1) is 11.1. The SMILES string of the molecule is Cc1nc2c(cc(OCC(=O)N3CCC(N)C3)c3ccsc32)s1. The number of nitrogens with two attached hydrogens (primary N) is 1. The molecule has 0 radical (unpaired) electrons. The van der Waals surface area contributed by atoms with Crippen molar-refractivity contribution >= 4 is 48.9 Å². The molecule has 1 atom stereocenters. The summed E-state index contributed by atoms with van der Waals surface area (Å²) in [6.45, 7) is 3.42. The number of carbonyl (C=O) groups excluding carboxylic acids is 1. The lowest BCUT2D eigenvalue weighted by atomic mass is 10.2. The number of thiophene rings is 1. The second-order valence-corrected chi connectivity index (χ2v) is 7.95. The van der Waals surface area contributed by atoms with Gasteiger partial charge in [-0.05, 0) is 24.8 Å². The lowest BCUT2D eigenvalue weighted by molar-refractivity contribution is -0.132. The number of amides is 1. The Bertz CT molecular complexity index is 886. The van der Waals surface area contributed by atoms with Crippen molar-refractivity contribution in [3.8, 4) is 5.75 Å². The minimum Gasteiger partial charge on any atom is -0.483 e. The third kappa shape index (κ3) is 2.69. The van der Waals surface area contributed by atoms with Gasteiger partial charge < -0.3 is 15.4 Å². The first kappa shape index (κ1) is 14.9. The van der Waals surface area contributed by atoms with Crippen molar-refractivity contribution in [1.82, 2.24) is 9.88 Å². The Labute approximate surface area is 141 Å². The van der Waals surface area contributed by atoms with E-state index in [1.54, 1.807) is 27.6 Å². The molecule has 23 heavy (non-hydrogen) atoms. The number of likely N-dealkylation sites (tertiary alicyclic amines) is 1. The molecule has 0 bridgehead atoms. The molecule has 0 saturated carbocycles. The van der Waals surface area contributed by atoms with Gasteiger partial charge in [-0.15, -0.1) is 22.7 Å². The molecule has 5 nitrogen and oxygen atoms in total. The minimum absolute atomic E-state index is 0.00177. The van der Waals surface area contributed by atoms with Gasteiger partial charge in [0.1, 0.15) is 5.75 Å². The highest BCUT2D eigenvalue weighted by molar-refractivity contribution is 7.21. The Morgan fingerprint density at radius 2 is 2.43 bits per heavy atom. The van der Waals surface area contributed by atoms with Crippen molar-refractivity contribution in [2.75, 3.05) is 19.7 Å². The second-order valence-electron chi connectivity index (χ2n) is 5.79. The fourth-order valence-electron chi connectivity index (χ4n) is 2.95. The number of rotatable bonds is 3. The number of hydrogen-bond acceptors (Lipinski definition) is 6. The summed E-state index contributed by atoms with van der Waals surface area (Å²) in [7, 11) is 0. The maximum absolute atomic E-state index is 12.2. The molecule has 1 aromatic carbocycles. The normalized spacial score (nSPS) is 18.2. The lowest BCUT2D eigenvalue weighted by Gasteiger charge is -2.16. The number of hydrogen-bond donors (Lipinski definition) is 1. The molecule has 3 aromatic rings. The Hall–Kier alpha value is -1.70. The fourth-order valence-corrected chi connectivity index (χ4v) is 4.78. The van der Waals surface area contributed by atoms with Crippen LogP contribution in [0.3, 0.4) is 0 Å². The molecule has 0 aliphatic carbocycles. The number of thiazole rings is 1. The van der Waals surface area contributed by atoms with E-state index in [-0.39, 0.29) is 18.6 Å². The van der Waals surface area contributed by atoms with Crippen LogP contribution in [0.15, 0.2) is 17.5 Å². The predicted molar refractivity (Wildman–Crippen MR) is 94.4 cm³/mol. The van der Waals surface area contributed by atoms with Gasteiger partial charge >= 0.3 is 0 Å². The van der Waals surface area contributed by atoms with Gasteiger partial charge in [0, 0.05) is 30.6 Å². The van der Waals surface area contributed by atoms with Crippen molar-refractivity contribution in [3.05, 3.63) is 22.5 Å². The maximum Gasteiger partial charge on any atom is 0.260 e. The first-order valence-corrected chi connectivity index (χ1v) is 9.25. The van der Waals surface area contributed by atoms with Gasteiger partial charge in [-0.2, -0.15) is 0 Å². The molecule has 120 valence electrons. The molecule has 1 aliphatic heterocycles. The van der Waals surface area contributed by atoms with Crippen LogP contribution in [0.1, 0.15) is 11.4 Å². The molecule has 1 saturated heterocycles. The third-order valence-electron chi connectivity index (χ3n) is 4.10. The van der Waals surface area contributed by atoms with Gasteiger partial charge in [-0.1, -0.05) is 0 Å². The van der Waals surface area contributed by atoms with E-state index >= 15 is 0 Å². The van der Waals surface area contributed by atoms with Crippen LogP contribution < -0.4 is 10.5 Å². The zero-order chi connectivity index (χ0) is 16.0. The molecular formula is C16H17N3O2S2. The zero-order valence-electron chi connectivity index (χ0n) is 12.7. The van der Waals surface area contributed by atoms with Gasteiger partial charge in [0.25, 0.3) is 5.91 Å². The average molecular weight is 347 g/mol. The number of fused-ring (bicyclic) bond motifs is 3. The quantitative estimate of drug-likeness (QED) is 0.791. The smallest absolute Gasteiger partial charge is 0.260 e. The molecule has 1 aliphatic rings. The lowest BCUT2D eigenvalue weighted by Crippen LogP contribution is -2.35. The van der Waals surface area contributed by atoms with E-state index in [0.29, 0.717) is 6.54 Å². The number of aromatic nitrogens is 1. The van der Waals surface area contributed by atoms with E-state index in [2.05, 4.69) is 4.98 Å². The predicted octanol–water partition coefficient (Wildman–Crippen LogP) is 2.76. The third-order valence-corrected chi connectivity index (χ3v) is 5.94. The van der Waals surface area contributed by atoms with E-state index in [1.165, 1.54) is 0 Å². The van der Waals surface area contributed by atoms with Crippen LogP contribution >= 0.6 is 22.7 Å². The molecule has 2 aromatic heterocycles. The van der Waals surface area contributed by atoms with Gasteiger partial charge in [0.15, 0.2) is 6.61 Å². The summed E-state index contributed by atoms with van der Waals surface area (Å²) in [5.41, 5.74) is 6.89. The van der Waals surface area contributed by atoms with Crippen molar-refractivity contribution < 1.29 is 9.53 Å². The number of ether oxygens (including phenoxy) is 1. The molecule has 2 N–H and O–H groups in total. The Morgan fingerprint density at radius 1 is 1.57 bits per heavy atom. The Morgan fingerprint density at radius 3 is 3.22 bits per heavy atom. The summed E-state index contributed by atoms with van der Waals surface area (Å²) in [5, 5.41) is 4.10. The highest BCUT2D eigenvalue weighted by Crippen LogP contribution is 2.38. The molecule has 0 spiro atoms. The molecular weight excluding hydrogens is 330 g/mol. The molecule has 1 unspecified atom stereocenters. The molecule has 1 fully saturated rings. The van der Waals surface area contributed by atoms with Crippen LogP contribution in [-0.2, 0) is 4.79 Å². The van der Waals surface area contributed by atoms with Crippen LogP contribution in [0.25, 0.3) is 20.3 Å². The number of carbonyl (C=O) groups is 1. The number of aryl methyl sites for hydroxylation is 1. The van der Waals surface area contributed by atoms with Crippen molar-refractivity contribution in [3.63, 3.8) is 0 Å². The number of benzene rings is 1. The Balaban J connectivity index is 1.60. The van der Waals surface area contributed by atoms with Crippen LogP contribution in [0, 0.1) is 6.92 Å². The maximum atomic E-state index is 12.2. The zero-order valence-corrected chi connectivity index (χ0v) is 14.4. The summed E-state index contributed by atoms with van der Waals surface area (Å²) in [5.74, 6) is 0.760. The fraction of sp³-hybridized carbons (Fsp3) is 0.375. The number of nitrogens with zero attached hydrogens (tertiary/aromatic N) is 2. The van der Waals surface area contributed by atoms with Gasteiger partial charge in [0.2, 0.25) is 0 Å². The molecule has 7 heteroatoms. The van der Waals surface area contributed by atoms with E-state index in [4.69, 9.17) is 10.5 Å². The van der Waals surface area contributed by atoms with Crippen molar-refractivity contribution in [2.24, 2.45) is 5.73 Å². The second kappa shape index (κ2) is 5.74. The molecule has 3 heterocycles. The molecule has 1 amide bonds. The van der Waals surface area contributed by atoms with Crippen LogP contribution in [0.2, 0.25) is 0 Å². The van der Waals surface area contributed by atoms with E-state index in [9.17, 15) is 4.79 Å². The van der Waals surface area contributed by atoms with E-state index in [0.717, 1.165) is 44.0 Å². The topological polar surface area (TPSA) is 68.5 Å². The summed E-state index contributed by atoms with van der Waals surface area (Å²) in [4.78, 5) is 18.6. The van der Waals surface area contributed by atoms with E-state index < -0.39 is 0 Å². The summed E-state index contributed by atoms with van der Waals surface area (Å²) in [6, 6.07) is 4.12. The van der Waals surface area contributed by atoms with Crippen LogP contribution in [-0.4, -0.2) is 41.5 Å². The largest absolute Gasteiger partial charge is 0.483 e. The van der Waals surface area contributed by atoms with Crippen molar-refractivity contribution in [1.29, 1.82) is 0 Å². The highest BCUT2D eigenvalue weighted by atomic mass is 32.1. The van der Waals surface area contributed by atoms with Crippen LogP contribution in [0.4, 0.5) is 0 Å². The van der Waals surface area contributed by atoms with Gasteiger partial charge in [-0.3, -0.25) is 4.79 Å². The molecule has 4 rings (SSSR count).